The molecule has 0 unspecified atom stereocenters. The molecule has 6 aromatic carbocycles. The fraction of sp³-hybridized carbons (Fsp3) is 0.0233. The van der Waals surface area contributed by atoms with Crippen LogP contribution in [0, 0.1) is 0 Å². The van der Waals surface area contributed by atoms with Gasteiger partial charge in [0.1, 0.15) is 0 Å². The van der Waals surface area contributed by atoms with Crippen LogP contribution in [0.2, 0.25) is 0 Å². The van der Waals surface area contributed by atoms with Gasteiger partial charge in [-0.05, 0) is 72.8 Å². The Morgan fingerprint density at radius 3 is 0.618 bits per heavy atom. The van der Waals surface area contributed by atoms with Crippen LogP contribution in [0.15, 0.2) is 72.8 Å². The number of benzene rings is 6. The van der Waals surface area contributed by atoms with Crippen LogP contribution in [0.4, 0.5) is 0 Å². The van der Waals surface area contributed by atoms with Gasteiger partial charge < -0.3 is 94.8 Å². The lowest BCUT2D eigenvalue weighted by atomic mass is 10.1. The van der Waals surface area contributed by atoms with Gasteiger partial charge in [0, 0.05) is 0 Å². The molecule has 25 heteroatoms. The smallest absolute Gasteiger partial charge is 0.343 e. The molecule has 25 nitrogen and oxygen atoms in total. The van der Waals surface area contributed by atoms with E-state index in [0.717, 1.165) is 19.2 Å². The second-order valence-corrected chi connectivity index (χ2v) is 13.5. The Kier molecular flexibility index (Phi) is 12.7. The summed E-state index contributed by atoms with van der Waals surface area (Å²) in [5, 5.41) is 132. The molecule has 0 spiro atoms. The van der Waals surface area contributed by atoms with Crippen LogP contribution in [0.1, 0.15) is 62.1 Å². The number of ether oxygens (including phenoxy) is 6. The van der Waals surface area contributed by atoms with Crippen molar-refractivity contribution in [3.63, 3.8) is 0 Å². The van der Waals surface area contributed by atoms with Crippen molar-refractivity contribution in [3.8, 4) is 103 Å². The normalized spacial score (nSPS) is 10.7. The summed E-state index contributed by atoms with van der Waals surface area (Å²) in [6.07, 6.45) is 0. The quantitative estimate of drug-likeness (QED) is 0.0499. The average molecular weight is 945 g/mol. The van der Waals surface area contributed by atoms with Gasteiger partial charge in [0.05, 0.1) is 40.5 Å². The van der Waals surface area contributed by atoms with Gasteiger partial charge in [0.15, 0.2) is 74.7 Å². The van der Waals surface area contributed by atoms with E-state index < -0.39 is 167 Å². The van der Waals surface area contributed by atoms with Crippen LogP contribution >= 0.6 is 0 Å². The van der Waals surface area contributed by atoms with Crippen molar-refractivity contribution in [2.75, 3.05) is 7.11 Å². The molecule has 6 aromatic rings. The number of methoxy groups -OCH3 is 1. The van der Waals surface area contributed by atoms with Crippen molar-refractivity contribution in [2.24, 2.45) is 0 Å². The Labute approximate surface area is 375 Å². The maximum Gasteiger partial charge on any atom is 0.343 e. The van der Waals surface area contributed by atoms with Crippen molar-refractivity contribution >= 4 is 35.8 Å². The Bertz CT molecular complexity index is 3110. The van der Waals surface area contributed by atoms with Gasteiger partial charge >= 0.3 is 35.8 Å². The first kappa shape index (κ1) is 47.0. The zero-order valence-electron chi connectivity index (χ0n) is 33.6. The third-order valence-electron chi connectivity index (χ3n) is 8.96. The third kappa shape index (κ3) is 9.55. The molecule has 0 saturated carbocycles. The van der Waals surface area contributed by atoms with E-state index in [1.54, 1.807) is 0 Å². The summed E-state index contributed by atoms with van der Waals surface area (Å²) in [6, 6.07) is 7.82. The number of hydrogen-bond acceptors (Lipinski definition) is 25. The Hall–Kier alpha value is -10.5. The second-order valence-electron chi connectivity index (χ2n) is 13.5. The number of rotatable bonds is 11. The highest BCUT2D eigenvalue weighted by molar-refractivity contribution is 5.99. The minimum absolute atomic E-state index is 0.363. The van der Waals surface area contributed by atoms with Gasteiger partial charge in [-0.2, -0.15) is 0 Å². The lowest BCUT2D eigenvalue weighted by Gasteiger charge is -2.14. The van der Waals surface area contributed by atoms with Gasteiger partial charge in [-0.3, -0.25) is 0 Å². The molecule has 13 N–H and O–H groups in total. The van der Waals surface area contributed by atoms with Gasteiger partial charge in [-0.25, -0.2) is 28.8 Å². The van der Waals surface area contributed by atoms with E-state index in [4.69, 9.17) is 23.7 Å². The lowest BCUT2D eigenvalue weighted by Crippen LogP contribution is -2.14. The molecule has 0 aliphatic rings. The van der Waals surface area contributed by atoms with Crippen molar-refractivity contribution in [2.45, 2.75) is 0 Å². The number of carbonyl (C=O) groups excluding carboxylic acids is 6. The topological polar surface area (TPSA) is 421 Å². The third-order valence-corrected chi connectivity index (χ3v) is 8.96. The molecule has 0 aliphatic heterocycles. The number of aromatic hydroxyl groups is 13. The van der Waals surface area contributed by atoms with E-state index in [-0.39, 0.29) is 5.56 Å². The molecule has 0 aliphatic carbocycles. The summed E-state index contributed by atoms with van der Waals surface area (Å²) in [5.74, 6) is -26.8. The monoisotopic (exact) mass is 944 g/mol. The maximum atomic E-state index is 13.3. The summed E-state index contributed by atoms with van der Waals surface area (Å²) in [4.78, 5) is 77.2. The minimum Gasteiger partial charge on any atom is -0.504 e. The molecule has 6 rings (SSSR count). The first-order valence-corrected chi connectivity index (χ1v) is 18.2. The number of esters is 6. The molecule has 0 fully saturated rings. The minimum atomic E-state index is -1.55. The van der Waals surface area contributed by atoms with Crippen molar-refractivity contribution in [1.82, 2.24) is 0 Å². The van der Waals surface area contributed by atoms with Gasteiger partial charge in [0.25, 0.3) is 0 Å². The lowest BCUT2D eigenvalue weighted by molar-refractivity contribution is 0.0595. The fourth-order valence-corrected chi connectivity index (χ4v) is 5.58. The highest BCUT2D eigenvalue weighted by Crippen LogP contribution is 2.44. The highest BCUT2D eigenvalue weighted by Gasteiger charge is 2.27. The van der Waals surface area contributed by atoms with Crippen LogP contribution in [0.5, 0.6) is 103 Å². The molecule has 350 valence electrons. The number of phenolic OH excluding ortho intramolecular Hbond substituents is 13. The van der Waals surface area contributed by atoms with E-state index in [2.05, 4.69) is 4.74 Å². The summed E-state index contributed by atoms with van der Waals surface area (Å²) >= 11 is 0. The molecule has 0 heterocycles. The van der Waals surface area contributed by atoms with Gasteiger partial charge in [-0.1, -0.05) is 0 Å². The van der Waals surface area contributed by atoms with E-state index in [1.807, 2.05) is 0 Å². The molecule has 68 heavy (non-hydrogen) atoms. The Morgan fingerprint density at radius 2 is 0.426 bits per heavy atom. The fourth-order valence-electron chi connectivity index (χ4n) is 5.58. The van der Waals surface area contributed by atoms with Crippen LogP contribution in [-0.4, -0.2) is 109 Å². The van der Waals surface area contributed by atoms with E-state index in [0.29, 0.717) is 60.7 Å². The predicted octanol–water partition coefficient (Wildman–Crippen LogP) is 3.74. The first-order chi connectivity index (χ1) is 32.0. The van der Waals surface area contributed by atoms with Crippen molar-refractivity contribution in [1.29, 1.82) is 0 Å². The van der Waals surface area contributed by atoms with Crippen LogP contribution < -0.4 is 23.7 Å². The largest absolute Gasteiger partial charge is 0.504 e. The molecule has 0 saturated heterocycles. The maximum absolute atomic E-state index is 13.3. The summed E-state index contributed by atoms with van der Waals surface area (Å²) in [6.45, 7) is 0. The van der Waals surface area contributed by atoms with Crippen LogP contribution in [0.25, 0.3) is 0 Å². The number of phenols is 13. The van der Waals surface area contributed by atoms with Gasteiger partial charge in [0.2, 0.25) is 28.7 Å². The summed E-state index contributed by atoms with van der Waals surface area (Å²) in [7, 11) is 1.00. The molecular formula is C43H28O25. The number of carbonyl (C=O) groups is 6. The van der Waals surface area contributed by atoms with Crippen molar-refractivity contribution < 1.29 is 124 Å². The average Bonchev–Trinajstić information content (AvgIpc) is 3.29. The van der Waals surface area contributed by atoms with E-state index in [1.165, 1.54) is 0 Å². The number of hydrogen-bond donors (Lipinski definition) is 13. The van der Waals surface area contributed by atoms with E-state index in [9.17, 15) is 95.2 Å². The van der Waals surface area contributed by atoms with Crippen molar-refractivity contribution in [3.05, 3.63) is 106 Å². The first-order valence-electron chi connectivity index (χ1n) is 18.2. The summed E-state index contributed by atoms with van der Waals surface area (Å²) in [5.41, 5.74) is -3.83. The molecule has 0 amide bonds. The zero-order valence-corrected chi connectivity index (χ0v) is 33.6. The second kappa shape index (κ2) is 18.3. The molecule has 0 atom stereocenters. The molecule has 0 radical (unpaired) electrons. The zero-order chi connectivity index (χ0) is 50.0. The van der Waals surface area contributed by atoms with Crippen LogP contribution in [0.3, 0.4) is 0 Å². The standard InChI is InChI=1S/C43H28O25/c1-63-38(57)15-4-22(46)33(52)27(9-15)65-40(59)17-6-24(48)35(54)29(11-17)67-42(61)19-8-26(50)37(56)31(13-19)68-43(62)18-7-25(49)36(55)30(12-18)66-41(60)16-5-23(47)34(53)28(10-16)64-39(58)14-2-20(44)32(51)21(45)3-14/h2-13,44-56H,1H3. The SMILES string of the molecule is COC(=O)c1cc(O)c(O)c(OC(=O)c2cc(O)c(O)c(OC(=O)c3cc(O)c(O)c(OC(=O)c4cc(O)c(O)c(OC(=O)c5cc(O)c(O)c(OC(=O)c6cc(O)c(O)c(O)c6)c5)c4)c3)c2)c1. The highest BCUT2D eigenvalue weighted by atomic mass is 16.6. The molecular weight excluding hydrogens is 916 g/mol. The Balaban J connectivity index is 1.20. The molecule has 0 aromatic heterocycles. The molecule has 0 bridgehead atoms. The van der Waals surface area contributed by atoms with Crippen LogP contribution in [-0.2, 0) is 4.74 Å². The predicted molar refractivity (Wildman–Crippen MR) is 216 cm³/mol. The van der Waals surface area contributed by atoms with E-state index >= 15 is 0 Å². The Morgan fingerprint density at radius 1 is 0.265 bits per heavy atom. The van der Waals surface area contributed by atoms with Gasteiger partial charge in [-0.15, -0.1) is 0 Å². The summed E-state index contributed by atoms with van der Waals surface area (Å²) < 4.78 is 29.6.